The van der Waals surface area contributed by atoms with Crippen molar-refractivity contribution in [2.24, 2.45) is 0 Å². The van der Waals surface area contributed by atoms with Crippen LogP contribution in [0, 0.1) is 0 Å². The average molecular weight is 459 g/mol. The Morgan fingerprint density at radius 3 is 2.00 bits per heavy atom. The van der Waals surface area contributed by atoms with Gasteiger partial charge in [-0.25, -0.2) is 4.79 Å². The van der Waals surface area contributed by atoms with Crippen LogP contribution in [-0.4, -0.2) is 30.3 Å². The lowest BCUT2D eigenvalue weighted by atomic mass is 9.98. The van der Waals surface area contributed by atoms with Gasteiger partial charge in [0.15, 0.2) is 0 Å². The molecule has 1 N–H and O–H groups in total. The van der Waals surface area contributed by atoms with Gasteiger partial charge in [-0.3, -0.25) is 0 Å². The number of ether oxygens (including phenoxy) is 2. The molecule has 0 radical (unpaired) electrons. The number of amides is 1. The van der Waals surface area contributed by atoms with E-state index in [2.05, 4.69) is 17.4 Å². The highest BCUT2D eigenvalue weighted by Crippen LogP contribution is 2.44. The number of carbonyl (C=O) groups excluding carboxylic acids is 2. The molecular formula is C28H28NO5-. The summed E-state index contributed by atoms with van der Waals surface area (Å²) in [6, 6.07) is 21.9. The van der Waals surface area contributed by atoms with Crippen LogP contribution in [-0.2, 0) is 16.0 Å². The van der Waals surface area contributed by atoms with E-state index in [1.54, 1.807) is 24.3 Å². The molecule has 0 unspecified atom stereocenters. The molecular weight excluding hydrogens is 430 g/mol. The summed E-state index contributed by atoms with van der Waals surface area (Å²) in [5, 5.41) is 14.1. The fraction of sp³-hybridized carbons (Fsp3) is 0.286. The number of carboxylic acids is 1. The summed E-state index contributed by atoms with van der Waals surface area (Å²) in [6.45, 7) is 5.96. The maximum Gasteiger partial charge on any atom is 0.407 e. The Morgan fingerprint density at radius 1 is 0.912 bits per heavy atom. The molecule has 3 aromatic rings. The molecule has 6 nitrogen and oxygen atoms in total. The monoisotopic (exact) mass is 458 g/mol. The second-order valence-corrected chi connectivity index (χ2v) is 9.40. The minimum absolute atomic E-state index is 0.0718. The van der Waals surface area contributed by atoms with Crippen LogP contribution in [0.5, 0.6) is 5.75 Å². The van der Waals surface area contributed by atoms with Crippen molar-refractivity contribution >= 4 is 12.1 Å². The van der Waals surface area contributed by atoms with Crippen molar-refractivity contribution in [1.29, 1.82) is 0 Å². The number of fused-ring (bicyclic) bond motifs is 3. The van der Waals surface area contributed by atoms with E-state index in [0.717, 1.165) is 27.8 Å². The Kier molecular flexibility index (Phi) is 6.59. The predicted octanol–water partition coefficient (Wildman–Crippen LogP) is 4.06. The fourth-order valence-corrected chi connectivity index (χ4v) is 4.26. The van der Waals surface area contributed by atoms with Crippen LogP contribution in [0.4, 0.5) is 4.79 Å². The predicted molar refractivity (Wildman–Crippen MR) is 128 cm³/mol. The van der Waals surface area contributed by atoms with E-state index in [-0.39, 0.29) is 24.5 Å². The number of alkyl carbamates (subject to hydrolysis) is 1. The lowest BCUT2D eigenvalue weighted by molar-refractivity contribution is -0.308. The van der Waals surface area contributed by atoms with E-state index in [4.69, 9.17) is 9.47 Å². The van der Waals surface area contributed by atoms with E-state index < -0.39 is 18.1 Å². The highest BCUT2D eigenvalue weighted by Gasteiger charge is 2.29. The molecule has 0 spiro atoms. The SMILES string of the molecule is CC(C)(C)Oc1ccc(C[C@@H](NC(=O)OCC2c3ccccc3-c3ccccc32)C(=O)[O-])cc1. The summed E-state index contributed by atoms with van der Waals surface area (Å²) in [4.78, 5) is 24.2. The Hall–Kier alpha value is -3.80. The zero-order valence-corrected chi connectivity index (χ0v) is 19.5. The molecule has 1 aliphatic carbocycles. The molecule has 0 saturated heterocycles. The Bertz CT molecular complexity index is 1130. The molecule has 0 fully saturated rings. The molecule has 6 heteroatoms. The number of aliphatic carboxylic acids is 1. The fourth-order valence-electron chi connectivity index (χ4n) is 4.26. The third-order valence-electron chi connectivity index (χ3n) is 5.71. The first-order chi connectivity index (χ1) is 16.2. The summed E-state index contributed by atoms with van der Waals surface area (Å²) >= 11 is 0. The van der Waals surface area contributed by atoms with Gasteiger partial charge in [0.1, 0.15) is 18.0 Å². The molecule has 0 bridgehead atoms. The standard InChI is InChI=1S/C28H29NO5/c1-28(2,3)34-19-14-12-18(13-15-19)16-25(26(30)31)29-27(32)33-17-24-22-10-6-4-8-20(22)21-9-5-7-11-23(21)24/h4-15,24-25H,16-17H2,1-3H3,(H,29,32)(H,30,31)/p-1/t25-/m1/s1. The van der Waals surface area contributed by atoms with Gasteiger partial charge in [-0.2, -0.15) is 0 Å². The topological polar surface area (TPSA) is 87.7 Å². The molecule has 1 aliphatic rings. The van der Waals surface area contributed by atoms with Crippen LogP contribution in [0.15, 0.2) is 72.8 Å². The largest absolute Gasteiger partial charge is 0.548 e. The van der Waals surface area contributed by atoms with E-state index >= 15 is 0 Å². The quantitative estimate of drug-likeness (QED) is 0.577. The van der Waals surface area contributed by atoms with Crippen LogP contribution in [0.2, 0.25) is 0 Å². The zero-order chi connectivity index (χ0) is 24.3. The molecule has 0 saturated carbocycles. The van der Waals surface area contributed by atoms with E-state index in [1.165, 1.54) is 0 Å². The highest BCUT2D eigenvalue weighted by atomic mass is 16.5. The summed E-state index contributed by atoms with van der Waals surface area (Å²) in [7, 11) is 0. The molecule has 0 heterocycles. The second-order valence-electron chi connectivity index (χ2n) is 9.40. The first kappa shape index (κ1) is 23.4. The number of benzene rings is 3. The van der Waals surface area contributed by atoms with Gasteiger partial charge < -0.3 is 24.7 Å². The summed E-state index contributed by atoms with van der Waals surface area (Å²) in [6.07, 6.45) is -0.716. The van der Waals surface area contributed by atoms with Gasteiger partial charge >= 0.3 is 6.09 Å². The van der Waals surface area contributed by atoms with Crippen molar-refractivity contribution < 1.29 is 24.2 Å². The third-order valence-corrected chi connectivity index (χ3v) is 5.71. The molecule has 0 aromatic heterocycles. The summed E-state index contributed by atoms with van der Waals surface area (Å²) < 4.78 is 11.3. The van der Waals surface area contributed by atoms with E-state index in [9.17, 15) is 14.7 Å². The first-order valence-electron chi connectivity index (χ1n) is 11.3. The average Bonchev–Trinajstić information content (AvgIpc) is 3.11. The van der Waals surface area contributed by atoms with Gasteiger partial charge in [-0.15, -0.1) is 0 Å². The lowest BCUT2D eigenvalue weighted by Crippen LogP contribution is -2.49. The zero-order valence-electron chi connectivity index (χ0n) is 19.5. The third kappa shape index (κ3) is 5.39. The molecule has 1 amide bonds. The minimum Gasteiger partial charge on any atom is -0.548 e. The smallest absolute Gasteiger partial charge is 0.407 e. The van der Waals surface area contributed by atoms with Crippen molar-refractivity contribution in [1.82, 2.24) is 5.32 Å². The van der Waals surface area contributed by atoms with Crippen LogP contribution < -0.4 is 15.2 Å². The van der Waals surface area contributed by atoms with Crippen LogP contribution >= 0.6 is 0 Å². The summed E-state index contributed by atoms with van der Waals surface area (Å²) in [5.74, 6) is -0.788. The molecule has 3 aromatic carbocycles. The molecule has 34 heavy (non-hydrogen) atoms. The van der Waals surface area contributed by atoms with Gasteiger partial charge in [0.25, 0.3) is 0 Å². The lowest BCUT2D eigenvalue weighted by Gasteiger charge is -2.22. The molecule has 4 rings (SSSR count). The Labute approximate surface area is 199 Å². The maximum absolute atomic E-state index is 12.5. The van der Waals surface area contributed by atoms with Gasteiger partial charge in [0, 0.05) is 5.92 Å². The first-order valence-corrected chi connectivity index (χ1v) is 11.3. The van der Waals surface area contributed by atoms with Gasteiger partial charge in [-0.1, -0.05) is 60.7 Å². The van der Waals surface area contributed by atoms with Gasteiger partial charge in [0.2, 0.25) is 0 Å². The van der Waals surface area contributed by atoms with Gasteiger partial charge in [-0.05, 0) is 67.1 Å². The van der Waals surface area contributed by atoms with Crippen molar-refractivity contribution in [3.8, 4) is 16.9 Å². The van der Waals surface area contributed by atoms with Gasteiger partial charge in [0.05, 0.1) is 12.0 Å². The number of rotatable bonds is 7. The Balaban J connectivity index is 1.38. The number of hydrogen-bond acceptors (Lipinski definition) is 5. The highest BCUT2D eigenvalue weighted by molar-refractivity contribution is 5.80. The summed E-state index contributed by atoms with van der Waals surface area (Å²) in [5.41, 5.74) is 4.82. The molecule has 0 aliphatic heterocycles. The molecule has 176 valence electrons. The second kappa shape index (κ2) is 9.59. The van der Waals surface area contributed by atoms with Crippen LogP contribution in [0.1, 0.15) is 43.4 Å². The van der Waals surface area contributed by atoms with E-state index in [1.807, 2.05) is 57.2 Å². The maximum atomic E-state index is 12.5. The number of hydrogen-bond donors (Lipinski definition) is 1. The van der Waals surface area contributed by atoms with Crippen LogP contribution in [0.25, 0.3) is 11.1 Å². The number of carboxylic acid groups (broad SMARTS) is 1. The van der Waals surface area contributed by atoms with Crippen LogP contribution in [0.3, 0.4) is 0 Å². The van der Waals surface area contributed by atoms with Crippen molar-refractivity contribution in [3.05, 3.63) is 89.5 Å². The minimum atomic E-state index is -1.37. The molecule has 1 atom stereocenters. The normalized spacial score (nSPS) is 13.5. The van der Waals surface area contributed by atoms with Crippen molar-refractivity contribution in [3.63, 3.8) is 0 Å². The van der Waals surface area contributed by atoms with E-state index in [0.29, 0.717) is 5.75 Å². The van der Waals surface area contributed by atoms with Crippen molar-refractivity contribution in [2.75, 3.05) is 6.61 Å². The van der Waals surface area contributed by atoms with Crippen molar-refractivity contribution in [2.45, 2.75) is 44.8 Å². The number of nitrogens with one attached hydrogen (secondary N) is 1. The number of carbonyl (C=O) groups is 2. The Morgan fingerprint density at radius 2 is 1.47 bits per heavy atom.